The monoisotopic (exact) mass is 2110 g/mol. The van der Waals surface area contributed by atoms with Crippen LogP contribution in [0.15, 0.2) is 346 Å². The Balaban J connectivity index is 0.000000155. The molecule has 39 nitrogen and oxygen atoms in total. The van der Waals surface area contributed by atoms with Gasteiger partial charge in [0.25, 0.3) is 0 Å². The molecular formula is C95H102BrF3N36NaO3S5-. The Hall–Kier alpha value is -12.6. The number of carbonyl (C=O) groups excluding carboxylic acids is 1. The number of piperidine rings is 3. The maximum atomic E-state index is 13.3. The smallest absolute Gasteiger partial charge is 0.813 e. The van der Waals surface area contributed by atoms with E-state index < -0.39 is 34.4 Å². The largest absolute Gasteiger partial charge is 1.00 e. The van der Waals surface area contributed by atoms with Gasteiger partial charge in [-0.05, 0) is 275 Å². The van der Waals surface area contributed by atoms with Gasteiger partial charge in [0.1, 0.15) is 0 Å². The minimum absolute atomic E-state index is 0. The summed E-state index contributed by atoms with van der Waals surface area (Å²) < 4.78 is 71.4. The van der Waals surface area contributed by atoms with Gasteiger partial charge in [-0.3, -0.25) is 38.5 Å². The summed E-state index contributed by atoms with van der Waals surface area (Å²) in [5.41, 5.74) is 33.2. The third-order valence-electron chi connectivity index (χ3n) is 25.3. The van der Waals surface area contributed by atoms with E-state index in [0.717, 1.165) is 189 Å². The van der Waals surface area contributed by atoms with E-state index >= 15 is 0 Å². The minimum atomic E-state index is -4.64. The van der Waals surface area contributed by atoms with E-state index in [1.807, 2.05) is 162 Å². The van der Waals surface area contributed by atoms with Crippen LogP contribution < -0.4 is 59.4 Å². The van der Waals surface area contributed by atoms with Crippen molar-refractivity contribution in [1.29, 1.82) is 11.1 Å². The van der Waals surface area contributed by atoms with E-state index in [1.54, 1.807) is 42.1 Å². The molecule has 3 fully saturated rings. The number of para-hydroxylation sites is 3. The fourth-order valence-electron chi connectivity index (χ4n) is 18.5. The average molecular weight is 2120 g/mol. The summed E-state index contributed by atoms with van der Waals surface area (Å²) in [5, 5.41) is 49.1. The normalized spacial score (nSPS) is 17.6. The topological polar surface area (TPSA) is 486 Å². The van der Waals surface area contributed by atoms with Crippen LogP contribution in [-0.4, -0.2) is 128 Å². The Morgan fingerprint density at radius 3 is 1.17 bits per heavy atom. The van der Waals surface area contributed by atoms with Crippen LogP contribution in [0.25, 0.3) is 49.7 Å². The number of benzene rings is 6. The zero-order chi connectivity index (χ0) is 98.7. The summed E-state index contributed by atoms with van der Waals surface area (Å²) in [5.74, 6) is 2.81. The fraction of sp³-hybridized carbons (Fsp3) is 0.326. The molecule has 0 amide bonds. The van der Waals surface area contributed by atoms with Crippen molar-refractivity contribution in [3.63, 3.8) is 0 Å². The molecule has 144 heavy (non-hydrogen) atoms. The maximum Gasteiger partial charge on any atom is 1.00 e. The number of thiol groups is 1. The van der Waals surface area contributed by atoms with Gasteiger partial charge in [0.15, 0.2) is 11.3 Å². The van der Waals surface area contributed by atoms with Gasteiger partial charge in [0.05, 0.1) is 69.9 Å². The number of nitrogens with two attached hydrogens (primary N) is 1. The van der Waals surface area contributed by atoms with Gasteiger partial charge in [0.2, 0.25) is 24.1 Å². The predicted octanol–water partition coefficient (Wildman–Crippen LogP) is 19.7. The van der Waals surface area contributed by atoms with Crippen molar-refractivity contribution in [1.82, 2.24) is 67.5 Å². The Bertz CT molecular complexity index is 7210. The van der Waals surface area contributed by atoms with Crippen LogP contribution in [0.2, 0.25) is 0 Å². The van der Waals surface area contributed by atoms with Crippen LogP contribution in [0.1, 0.15) is 139 Å². The molecule has 0 unspecified atom stereocenters. The van der Waals surface area contributed by atoms with E-state index in [2.05, 4.69) is 267 Å². The number of aldehydes is 1. The average Bonchev–Trinajstić information content (AvgIpc) is 1.60. The van der Waals surface area contributed by atoms with Crippen LogP contribution >= 0.6 is 39.5 Å². The molecule has 9 aromatic heterocycles. The van der Waals surface area contributed by atoms with Crippen molar-refractivity contribution >= 4 is 149 Å². The van der Waals surface area contributed by atoms with Gasteiger partial charge in [0, 0.05) is 144 Å². The van der Waals surface area contributed by atoms with Crippen molar-refractivity contribution < 1.29 is 55.9 Å². The summed E-state index contributed by atoms with van der Waals surface area (Å²) in [6, 6.07) is 60.0. The first-order valence-corrected chi connectivity index (χ1v) is 49.5. The number of halogens is 4. The van der Waals surface area contributed by atoms with Gasteiger partial charge >= 0.3 is 35.7 Å². The van der Waals surface area contributed by atoms with E-state index in [1.165, 1.54) is 33.4 Å². The second-order valence-electron chi connectivity index (χ2n) is 35.7. The molecule has 21 rings (SSSR count). The molecule has 6 aromatic carbocycles. The van der Waals surface area contributed by atoms with E-state index in [9.17, 15) is 21.6 Å². The van der Waals surface area contributed by atoms with Crippen molar-refractivity contribution in [3.8, 4) is 0 Å². The molecule has 3 aliphatic carbocycles. The summed E-state index contributed by atoms with van der Waals surface area (Å²) in [6.45, 7) is 17.7. The Kier molecular flexibility index (Phi) is 37.2. The number of hydrogen-bond acceptors (Lipinski definition) is 21. The summed E-state index contributed by atoms with van der Waals surface area (Å²) in [4.78, 5) is 61.7. The van der Waals surface area contributed by atoms with Gasteiger partial charge in [-0.2, -0.15) is 24.2 Å². The third-order valence-corrected chi connectivity index (χ3v) is 31.3. The molecule has 6 aliphatic rings. The number of hydrogen-bond donors (Lipinski definition) is 5. The second kappa shape index (κ2) is 49.3. The van der Waals surface area contributed by atoms with E-state index in [0.29, 0.717) is 0 Å². The number of imidazole rings is 3. The zero-order valence-electron chi connectivity index (χ0n) is 78.7. The summed E-state index contributed by atoms with van der Waals surface area (Å²) in [7, 11) is -2.26. The molecule has 5 atom stereocenters. The number of carbonyl (C=O) groups is 1. The number of anilines is 3. The Morgan fingerprint density at radius 1 is 0.438 bits per heavy atom. The van der Waals surface area contributed by atoms with Crippen LogP contribution in [0.5, 0.6) is 0 Å². The van der Waals surface area contributed by atoms with E-state index in [4.69, 9.17) is 41.5 Å². The molecule has 3 spiro atoms. The van der Waals surface area contributed by atoms with Crippen molar-refractivity contribution in [3.05, 3.63) is 282 Å². The molecule has 15 aromatic rings. The van der Waals surface area contributed by atoms with E-state index in [-0.39, 0.29) is 94.3 Å². The van der Waals surface area contributed by atoms with Crippen LogP contribution in [0, 0.1) is 33.4 Å². The van der Waals surface area contributed by atoms with Crippen molar-refractivity contribution in [2.75, 3.05) is 54.0 Å². The molecule has 0 radical (unpaired) electrons. The van der Waals surface area contributed by atoms with Gasteiger partial charge in [-0.25, -0.2) is 37.8 Å². The molecular weight excluding hydrogens is 2010 g/mol. The number of rotatable bonds is 19. The predicted molar refractivity (Wildman–Crippen MR) is 547 cm³/mol. The van der Waals surface area contributed by atoms with Gasteiger partial charge in [-0.15, -0.1) is 6.20 Å². The summed E-state index contributed by atoms with van der Waals surface area (Å²) >= 11 is 6.83. The minimum Gasteiger partial charge on any atom is -0.813 e. The van der Waals surface area contributed by atoms with Crippen LogP contribution in [0.3, 0.4) is 0 Å². The van der Waals surface area contributed by atoms with Gasteiger partial charge in [-0.1, -0.05) is 174 Å². The maximum absolute atomic E-state index is 13.3. The Morgan fingerprint density at radius 2 is 0.771 bits per heavy atom. The third kappa shape index (κ3) is 25.6. The van der Waals surface area contributed by atoms with Crippen molar-refractivity contribution in [2.45, 2.75) is 160 Å². The molecule has 6 N–H and O–H groups in total. The number of aromatic nitrogens is 12. The molecule has 740 valence electrons. The molecule has 12 heterocycles. The number of alkyl halides is 3. The van der Waals surface area contributed by atoms with Crippen LogP contribution in [-0.2, 0) is 59.5 Å². The molecule has 0 saturated carbocycles. The number of pyridine rings is 3. The molecule has 3 aliphatic heterocycles. The van der Waals surface area contributed by atoms with Crippen LogP contribution in [0.4, 0.5) is 31.0 Å². The number of fused-ring (bicyclic) bond motifs is 9. The SMILES string of the molecule is Brc1ccnc2ccccc12.C.CC(C)(C)[S@@](=O)N[C@@H]1c2ccccc2CC12CCN(c1nc[c-]c3nccn13)CC2.CC(C)(C)[S@@](=O)N[C@@H]1c2ccccc2CC12CCN(c1ncc(Sc3ccnc4ccccc34)c3nccn13)CC2.N=N/N=N/N=N/N=N/N=N/N=N/N=N/N=N/N=N.N[C@@H]1c2ccccc2CC12CCN(c1ncc(Sc3ccnc4ccccc34)c3nccn13)CC2.O=CC(F)(F)F.[Na+].[SH-]. The summed E-state index contributed by atoms with van der Waals surface area (Å²) in [6.07, 6.45) is 26.3. The standard InChI is InChI=1S/C32H34N6OS2.C28H26N6S.C23H28N5OS.C9H6BrN.C2HF3O.CH4.H2N18.Na.H2S/c1-31(2,3)41(39)36-28-23-9-5-4-8-22(23)20-32(28)13-17-37(18-14-32)30-35-21-27(29-34-16-19-38(29)30)40-26-12-15-33-25-11-7-6-10-24(25)26;29-25-20-6-2-1-5-19(20)17-28(25)10-14-33(15-11-28)27-32-18-24(26-31-13-16-34(26)27)35-23-9-12-30-22-8-4-3-7-21(22)23;1-22(2,3)30(29)26-20-18-7-5-4-6-17(18)16-23(20)9-13-27(14-10-23)21-25-11-8-19-24-12-15-28(19)21;10-8-5-6-11-9-4-2-1-3-7(8)9;3-2(4,5)1-6;;1-3-5-7-9-11-13-15-17-18-16-14-12-10-8-6-4-2;;/h4-12,15-16,19,21,28,36H,13-14,17-18,20H2,1-3H3;1-9,12-13,16,18,25H,10-11,14-15,17,29H2;4-7,11-12,15,20,26H,9-10,13-14,16H2,1-3H3;1-6H;1H;1H4;1-2H;;1H2/q;;-1;;;;;+1;/p-1/b;;;;;;3-1?,4-2?,7-5+,8-6+,11-9+,12-10+,15-13+,16-14+,18-17+;;/t28-,41-;25-;20-,30-;;;;;;/m111....../s1. The first-order chi connectivity index (χ1) is 68.3. The number of nitrogens with zero attached hydrogens (tertiary/aromatic N) is 31. The number of nitrogens with one attached hydrogen (secondary N) is 4. The zero-order valence-corrected chi connectivity index (χ0v) is 86.4. The molecule has 49 heteroatoms. The first kappa shape index (κ1) is 109. The second-order valence-corrected chi connectivity index (χ2v) is 42.7. The Labute approximate surface area is 877 Å². The van der Waals surface area contributed by atoms with Gasteiger partial charge < -0.3 is 44.4 Å². The first-order valence-electron chi connectivity index (χ1n) is 44.8. The quantitative estimate of drug-likeness (QED) is 0.00954. The molecule has 3 saturated heterocycles. The fourth-order valence-corrected chi connectivity index (χ4v) is 22.8. The molecule has 0 bridgehead atoms. The van der Waals surface area contributed by atoms with Crippen molar-refractivity contribution in [2.24, 2.45) is 106 Å².